The van der Waals surface area contributed by atoms with Crippen LogP contribution in [0.3, 0.4) is 0 Å². The van der Waals surface area contributed by atoms with E-state index < -0.39 is 18.0 Å². The Labute approximate surface area is 167 Å². The molecular weight excluding hydrogens is 409 g/mol. The molecule has 10 heteroatoms. The lowest BCUT2D eigenvalue weighted by atomic mass is 9.93. The highest BCUT2D eigenvalue weighted by atomic mass is 32.1. The van der Waals surface area contributed by atoms with Crippen LogP contribution >= 0.6 is 11.3 Å². The fourth-order valence-corrected chi connectivity index (χ4v) is 5.36. The Morgan fingerprint density at radius 3 is 2.48 bits per heavy atom. The number of hydrogen-bond donors (Lipinski definition) is 1. The number of carbonyl (C=O) groups excluding carboxylic acids is 1. The minimum Gasteiger partial charge on any atom is -0.478 e. The molecule has 2 aromatic heterocycles. The van der Waals surface area contributed by atoms with Gasteiger partial charge in [0, 0.05) is 27.3 Å². The fraction of sp³-hybridized carbons (Fsp3) is 0.474. The number of rotatable bonds is 5. The molecule has 0 atom stereocenters. The van der Waals surface area contributed by atoms with Gasteiger partial charge in [0.2, 0.25) is 0 Å². The smallest absolute Gasteiger partial charge is 0.455 e. The van der Waals surface area contributed by atoms with Crippen LogP contribution in [0, 0.1) is 0 Å². The average Bonchev–Trinajstić information content (AvgIpc) is 3.38. The van der Waals surface area contributed by atoms with E-state index in [2.05, 4.69) is 10.1 Å². The molecule has 2 aromatic rings. The summed E-state index contributed by atoms with van der Waals surface area (Å²) in [4.78, 5) is 29.3. The molecule has 0 saturated heterocycles. The van der Waals surface area contributed by atoms with Crippen molar-refractivity contribution >= 4 is 23.1 Å². The van der Waals surface area contributed by atoms with Gasteiger partial charge in [-0.25, -0.2) is 4.79 Å². The van der Waals surface area contributed by atoms with E-state index in [-0.39, 0.29) is 23.7 Å². The number of Topliss-reactive ketones (excluding diaryl/α,β-unsaturated/α-hetero) is 1. The van der Waals surface area contributed by atoms with Crippen LogP contribution in [0.4, 0.5) is 13.2 Å². The summed E-state index contributed by atoms with van der Waals surface area (Å²) in [5, 5.41) is 12.3. The Balaban J connectivity index is 1.73. The number of ketones is 1. The minimum absolute atomic E-state index is 0.0805. The van der Waals surface area contributed by atoms with Gasteiger partial charge in [0.05, 0.1) is 5.56 Å². The Hall–Kier alpha value is -2.49. The van der Waals surface area contributed by atoms with Crippen molar-refractivity contribution in [2.24, 2.45) is 0 Å². The van der Waals surface area contributed by atoms with Crippen molar-refractivity contribution in [2.45, 2.75) is 57.5 Å². The zero-order chi connectivity index (χ0) is 20.8. The van der Waals surface area contributed by atoms with Gasteiger partial charge >= 0.3 is 12.1 Å². The molecule has 0 bridgehead atoms. The number of hydrogen-bond acceptors (Lipinski definition) is 6. The van der Waals surface area contributed by atoms with E-state index in [0.717, 1.165) is 29.7 Å². The summed E-state index contributed by atoms with van der Waals surface area (Å²) in [5.74, 6) is -3.00. The summed E-state index contributed by atoms with van der Waals surface area (Å²) < 4.78 is 43.7. The first-order valence-corrected chi connectivity index (χ1v) is 10.1. The number of carboxylic acids is 1. The monoisotopic (exact) mass is 426 g/mol. The highest BCUT2D eigenvalue weighted by molar-refractivity contribution is 7.12. The number of aryl methyl sites for hydroxylation is 1. The van der Waals surface area contributed by atoms with Crippen LogP contribution in [0.2, 0.25) is 0 Å². The second-order valence-electron chi connectivity index (χ2n) is 7.15. The summed E-state index contributed by atoms with van der Waals surface area (Å²) in [6.07, 6.45) is -0.142. The lowest BCUT2D eigenvalue weighted by Crippen LogP contribution is -2.10. The zero-order valence-electron chi connectivity index (χ0n) is 15.3. The van der Waals surface area contributed by atoms with E-state index in [4.69, 9.17) is 4.52 Å². The number of aliphatic carboxylic acids is 1. The summed E-state index contributed by atoms with van der Waals surface area (Å²) in [7, 11) is 0. The molecule has 0 unspecified atom stereocenters. The van der Waals surface area contributed by atoms with Gasteiger partial charge < -0.3 is 9.63 Å². The van der Waals surface area contributed by atoms with E-state index in [1.807, 2.05) is 0 Å². The van der Waals surface area contributed by atoms with Gasteiger partial charge in [0.15, 0.2) is 5.78 Å². The molecule has 1 N–H and O–H groups in total. The molecular formula is C19H17F3N2O4S. The van der Waals surface area contributed by atoms with Crippen LogP contribution in [0.1, 0.15) is 53.2 Å². The predicted molar refractivity (Wildman–Crippen MR) is 96.5 cm³/mol. The zero-order valence-corrected chi connectivity index (χ0v) is 16.1. The first kappa shape index (κ1) is 19.8. The third kappa shape index (κ3) is 3.73. The third-order valence-corrected chi connectivity index (χ3v) is 6.56. The predicted octanol–water partition coefficient (Wildman–Crippen LogP) is 4.37. The summed E-state index contributed by atoms with van der Waals surface area (Å²) in [6.45, 7) is 0. The molecule has 0 amide bonds. The highest BCUT2D eigenvalue weighted by Crippen LogP contribution is 2.42. The van der Waals surface area contributed by atoms with Crippen LogP contribution in [0.15, 0.2) is 15.7 Å². The van der Waals surface area contributed by atoms with Gasteiger partial charge in [-0.2, -0.15) is 18.2 Å². The number of halogens is 3. The Morgan fingerprint density at radius 1 is 1.07 bits per heavy atom. The average molecular weight is 426 g/mol. The number of nitrogens with zero attached hydrogens (tertiary/aromatic N) is 2. The lowest BCUT2D eigenvalue weighted by Gasteiger charge is -2.11. The van der Waals surface area contributed by atoms with Gasteiger partial charge in [0.25, 0.3) is 11.7 Å². The van der Waals surface area contributed by atoms with E-state index in [9.17, 15) is 27.9 Å². The van der Waals surface area contributed by atoms with Crippen molar-refractivity contribution in [1.82, 2.24) is 10.1 Å². The Kier molecular flexibility index (Phi) is 5.05. The molecule has 6 nitrogen and oxygen atoms in total. The van der Waals surface area contributed by atoms with Crippen LogP contribution in [0.25, 0.3) is 11.5 Å². The molecule has 29 heavy (non-hydrogen) atoms. The van der Waals surface area contributed by atoms with Crippen molar-refractivity contribution in [1.29, 1.82) is 0 Å². The van der Waals surface area contributed by atoms with Crippen molar-refractivity contribution in [3.05, 3.63) is 32.3 Å². The quantitative estimate of drug-likeness (QED) is 0.763. The minimum atomic E-state index is -4.72. The highest BCUT2D eigenvalue weighted by Gasteiger charge is 2.38. The van der Waals surface area contributed by atoms with E-state index in [1.165, 1.54) is 11.3 Å². The maximum atomic E-state index is 12.9. The number of carbonyl (C=O) groups is 2. The Bertz CT molecular complexity index is 1020. The normalized spacial score (nSPS) is 16.9. The molecule has 0 radical (unpaired) electrons. The molecule has 2 aliphatic rings. The largest absolute Gasteiger partial charge is 0.478 e. The second-order valence-corrected chi connectivity index (χ2v) is 8.34. The lowest BCUT2D eigenvalue weighted by molar-refractivity contribution is -0.146. The molecule has 0 fully saturated rings. The molecule has 0 aliphatic heterocycles. The number of aromatic nitrogens is 2. The number of thiophene rings is 1. The van der Waals surface area contributed by atoms with Crippen molar-refractivity contribution in [2.75, 3.05) is 0 Å². The van der Waals surface area contributed by atoms with Gasteiger partial charge in [-0.15, -0.1) is 11.3 Å². The molecule has 2 aliphatic carbocycles. The van der Waals surface area contributed by atoms with Crippen molar-refractivity contribution < 1.29 is 32.4 Å². The standard InChI is InChI=1S/C19H17F3N2O4S/c20-19(21,22)18-23-16(28-24-18)15-11-4-1-2-7-13(11)29-14(15)8-12(25)9-5-3-6-10(9)17(26)27/h1-8H2,(H,26,27). The number of alkyl halides is 3. The second kappa shape index (κ2) is 7.40. The number of fused-ring (bicyclic) bond motifs is 1. The topological polar surface area (TPSA) is 93.3 Å². The van der Waals surface area contributed by atoms with E-state index in [0.29, 0.717) is 41.7 Å². The fourth-order valence-electron chi connectivity index (χ4n) is 3.98. The maximum Gasteiger partial charge on any atom is 0.455 e. The van der Waals surface area contributed by atoms with Gasteiger partial charge in [-0.05, 0) is 50.5 Å². The first-order chi connectivity index (χ1) is 13.8. The molecule has 4 rings (SSSR count). The molecule has 0 saturated carbocycles. The number of carboxylic acid groups (broad SMARTS) is 1. The van der Waals surface area contributed by atoms with Crippen molar-refractivity contribution in [3.63, 3.8) is 0 Å². The van der Waals surface area contributed by atoms with Gasteiger partial charge in [-0.1, -0.05) is 5.16 Å². The molecule has 2 heterocycles. The molecule has 154 valence electrons. The third-order valence-electron chi connectivity index (χ3n) is 5.27. The maximum absolute atomic E-state index is 12.9. The van der Waals surface area contributed by atoms with Crippen LogP contribution < -0.4 is 0 Å². The van der Waals surface area contributed by atoms with Crippen molar-refractivity contribution in [3.8, 4) is 11.5 Å². The Morgan fingerprint density at radius 2 is 1.79 bits per heavy atom. The molecule has 0 aromatic carbocycles. The van der Waals surface area contributed by atoms with Crippen LogP contribution in [-0.2, 0) is 35.0 Å². The van der Waals surface area contributed by atoms with E-state index in [1.54, 1.807) is 0 Å². The summed E-state index contributed by atoms with van der Waals surface area (Å²) in [5.41, 5.74) is 1.71. The summed E-state index contributed by atoms with van der Waals surface area (Å²) in [6, 6.07) is 0. The van der Waals surface area contributed by atoms with Crippen LogP contribution in [-0.4, -0.2) is 27.0 Å². The van der Waals surface area contributed by atoms with E-state index >= 15 is 0 Å². The van der Waals surface area contributed by atoms with Gasteiger partial charge in [0.1, 0.15) is 0 Å². The number of allylic oxidation sites excluding steroid dienone is 1. The SMILES string of the molecule is O=C(O)C1=C(C(=O)Cc2sc3c(c2-c2nc(C(F)(F)F)no2)CCCC3)CCC1. The van der Waals surface area contributed by atoms with Crippen LogP contribution in [0.5, 0.6) is 0 Å². The summed E-state index contributed by atoms with van der Waals surface area (Å²) >= 11 is 1.37. The van der Waals surface area contributed by atoms with Gasteiger partial charge in [-0.3, -0.25) is 4.79 Å². The first-order valence-electron chi connectivity index (χ1n) is 9.29. The molecule has 0 spiro atoms.